The Bertz CT molecular complexity index is 219. The van der Waals surface area contributed by atoms with Gasteiger partial charge in [-0.2, -0.15) is 0 Å². The molecular weight excluding hydrogens is 140 g/mol. The van der Waals surface area contributed by atoms with Crippen LogP contribution in [0.2, 0.25) is 0 Å². The van der Waals surface area contributed by atoms with Crippen LogP contribution < -0.4 is 0 Å². The first-order chi connectivity index (χ1) is 5.47. The minimum atomic E-state index is 0.226. The third-order valence-corrected chi connectivity index (χ3v) is 1.84. The van der Waals surface area contributed by atoms with Gasteiger partial charge in [0.25, 0.3) is 0 Å². The molecule has 1 unspecified atom stereocenters. The third-order valence-electron chi connectivity index (χ3n) is 1.84. The fraction of sp³-hybridized carbons (Fsp3) is 0.500. The number of ether oxygens (including phenoxy) is 1. The zero-order valence-electron chi connectivity index (χ0n) is 6.16. The van der Waals surface area contributed by atoms with Crippen molar-refractivity contribution in [3.63, 3.8) is 0 Å². The van der Waals surface area contributed by atoms with E-state index in [1.807, 2.05) is 0 Å². The Labute approximate surface area is 65.4 Å². The Kier molecular flexibility index (Phi) is 1.81. The van der Waals surface area contributed by atoms with Crippen molar-refractivity contribution in [1.29, 1.82) is 0 Å². The topological polar surface area (TPSA) is 35.0 Å². The van der Waals surface area contributed by atoms with E-state index in [2.05, 4.69) is 16.3 Å². The first-order valence-corrected chi connectivity index (χ1v) is 3.76. The normalized spacial score (nSPS) is 23.8. The van der Waals surface area contributed by atoms with Crippen molar-refractivity contribution < 1.29 is 4.74 Å². The predicted octanol–water partition coefficient (Wildman–Crippen LogP) is 1.13. The Morgan fingerprint density at radius 2 is 2.27 bits per heavy atom. The Morgan fingerprint density at radius 1 is 1.45 bits per heavy atom. The number of hydrogen-bond acceptors (Lipinski definition) is 3. The van der Waals surface area contributed by atoms with Crippen molar-refractivity contribution in [2.75, 3.05) is 6.61 Å². The van der Waals surface area contributed by atoms with E-state index in [1.54, 1.807) is 12.4 Å². The lowest BCUT2D eigenvalue weighted by molar-refractivity contribution is 0.111. The van der Waals surface area contributed by atoms with Gasteiger partial charge in [0.2, 0.25) is 0 Å². The van der Waals surface area contributed by atoms with E-state index in [0.717, 1.165) is 25.0 Å². The highest BCUT2D eigenvalue weighted by Gasteiger charge is 2.17. The molecule has 1 saturated heterocycles. The van der Waals surface area contributed by atoms with E-state index in [4.69, 9.17) is 4.74 Å². The lowest BCUT2D eigenvalue weighted by Crippen LogP contribution is -1.96. The highest BCUT2D eigenvalue weighted by molar-refractivity contribution is 5.07. The van der Waals surface area contributed by atoms with Gasteiger partial charge in [0, 0.05) is 24.6 Å². The monoisotopic (exact) mass is 149 g/mol. The van der Waals surface area contributed by atoms with E-state index < -0.39 is 0 Å². The summed E-state index contributed by atoms with van der Waals surface area (Å²) in [6, 6.07) is 0. The third kappa shape index (κ3) is 1.38. The maximum Gasteiger partial charge on any atom is 0.197 e. The molecule has 57 valence electrons. The van der Waals surface area contributed by atoms with Crippen LogP contribution >= 0.6 is 0 Å². The van der Waals surface area contributed by atoms with Crippen LogP contribution in [0.4, 0.5) is 0 Å². The first kappa shape index (κ1) is 6.73. The molecule has 1 aromatic rings. The molecule has 1 aromatic heterocycles. The molecular formula is C8H9N2O. The number of nitrogens with zero attached hydrogens (tertiary/aromatic N) is 2. The molecule has 0 aromatic carbocycles. The molecule has 0 spiro atoms. The molecule has 11 heavy (non-hydrogen) atoms. The second-order valence-electron chi connectivity index (χ2n) is 2.62. The van der Waals surface area contributed by atoms with Crippen molar-refractivity contribution in [1.82, 2.24) is 9.97 Å². The van der Waals surface area contributed by atoms with E-state index in [9.17, 15) is 0 Å². The van der Waals surface area contributed by atoms with Gasteiger partial charge in [-0.25, -0.2) is 9.97 Å². The van der Waals surface area contributed by atoms with Crippen molar-refractivity contribution >= 4 is 0 Å². The SMILES string of the molecule is [c]1ncc(C2CCCO2)cn1. The maximum atomic E-state index is 5.45. The number of rotatable bonds is 1. The lowest BCUT2D eigenvalue weighted by atomic mass is 10.1. The van der Waals surface area contributed by atoms with Gasteiger partial charge in [0.05, 0.1) is 6.10 Å². The largest absolute Gasteiger partial charge is 0.373 e. The molecule has 1 aliphatic heterocycles. The summed E-state index contributed by atoms with van der Waals surface area (Å²) in [5, 5.41) is 0. The van der Waals surface area contributed by atoms with E-state index >= 15 is 0 Å². The Morgan fingerprint density at radius 3 is 2.91 bits per heavy atom. The molecule has 0 saturated carbocycles. The molecule has 2 rings (SSSR count). The minimum absolute atomic E-state index is 0.226. The summed E-state index contributed by atoms with van der Waals surface area (Å²) in [5.74, 6) is 0. The summed E-state index contributed by atoms with van der Waals surface area (Å²) in [4.78, 5) is 7.63. The summed E-state index contributed by atoms with van der Waals surface area (Å²) in [7, 11) is 0. The number of hydrogen-bond donors (Lipinski definition) is 0. The van der Waals surface area contributed by atoms with Gasteiger partial charge < -0.3 is 4.74 Å². The Balaban J connectivity index is 2.16. The van der Waals surface area contributed by atoms with Crippen LogP contribution in [0, 0.1) is 6.33 Å². The summed E-state index contributed by atoms with van der Waals surface area (Å²) in [6.07, 6.45) is 8.49. The maximum absolute atomic E-state index is 5.45. The van der Waals surface area contributed by atoms with E-state index in [1.165, 1.54) is 0 Å². The van der Waals surface area contributed by atoms with Gasteiger partial charge in [0.15, 0.2) is 6.33 Å². The van der Waals surface area contributed by atoms with Crippen molar-refractivity contribution in [2.45, 2.75) is 18.9 Å². The minimum Gasteiger partial charge on any atom is -0.373 e. The smallest absolute Gasteiger partial charge is 0.197 e. The molecule has 2 heterocycles. The lowest BCUT2D eigenvalue weighted by Gasteiger charge is -2.06. The van der Waals surface area contributed by atoms with Gasteiger partial charge in [-0.3, -0.25) is 0 Å². The van der Waals surface area contributed by atoms with Crippen molar-refractivity contribution in [3.8, 4) is 0 Å². The van der Waals surface area contributed by atoms with E-state index in [0.29, 0.717) is 0 Å². The molecule has 1 fully saturated rings. The van der Waals surface area contributed by atoms with Gasteiger partial charge in [0.1, 0.15) is 0 Å². The molecule has 1 radical (unpaired) electrons. The molecule has 3 nitrogen and oxygen atoms in total. The van der Waals surface area contributed by atoms with E-state index in [-0.39, 0.29) is 6.10 Å². The van der Waals surface area contributed by atoms with Gasteiger partial charge >= 0.3 is 0 Å². The standard InChI is InChI=1S/C8H9N2O/c1-2-8(11-3-1)7-4-9-6-10-5-7/h4-5,8H,1-3H2. The van der Waals surface area contributed by atoms with Crippen LogP contribution in [-0.4, -0.2) is 16.6 Å². The van der Waals surface area contributed by atoms with Gasteiger partial charge in [-0.15, -0.1) is 0 Å². The Hall–Kier alpha value is -0.960. The van der Waals surface area contributed by atoms with Crippen molar-refractivity contribution in [2.24, 2.45) is 0 Å². The molecule has 0 amide bonds. The van der Waals surface area contributed by atoms with Crippen LogP contribution in [0.1, 0.15) is 24.5 Å². The zero-order valence-corrected chi connectivity index (χ0v) is 6.16. The van der Waals surface area contributed by atoms with Crippen LogP contribution in [-0.2, 0) is 4.74 Å². The highest BCUT2D eigenvalue weighted by atomic mass is 16.5. The predicted molar refractivity (Wildman–Crippen MR) is 38.8 cm³/mol. The quantitative estimate of drug-likeness (QED) is 0.600. The molecule has 0 aliphatic carbocycles. The molecule has 3 heteroatoms. The summed E-state index contributed by atoms with van der Waals surface area (Å²) in [5.41, 5.74) is 1.07. The van der Waals surface area contributed by atoms with Crippen molar-refractivity contribution in [3.05, 3.63) is 24.3 Å². The summed E-state index contributed by atoms with van der Waals surface area (Å²) in [6.45, 7) is 0.864. The van der Waals surface area contributed by atoms with Crippen LogP contribution in [0.15, 0.2) is 12.4 Å². The number of aromatic nitrogens is 2. The molecule has 0 bridgehead atoms. The van der Waals surface area contributed by atoms with Gasteiger partial charge in [-0.1, -0.05) is 0 Å². The van der Waals surface area contributed by atoms with Crippen LogP contribution in [0.3, 0.4) is 0 Å². The second-order valence-corrected chi connectivity index (χ2v) is 2.62. The van der Waals surface area contributed by atoms with Crippen LogP contribution in [0.25, 0.3) is 0 Å². The fourth-order valence-corrected chi connectivity index (χ4v) is 1.28. The molecule has 1 aliphatic rings. The average molecular weight is 149 g/mol. The highest BCUT2D eigenvalue weighted by Crippen LogP contribution is 2.26. The summed E-state index contributed by atoms with van der Waals surface area (Å²) >= 11 is 0. The molecule has 1 atom stereocenters. The average Bonchev–Trinajstić information content (AvgIpc) is 2.58. The first-order valence-electron chi connectivity index (χ1n) is 3.76. The zero-order chi connectivity index (χ0) is 7.52. The van der Waals surface area contributed by atoms with Gasteiger partial charge in [-0.05, 0) is 12.8 Å². The fourth-order valence-electron chi connectivity index (χ4n) is 1.28. The molecule has 0 N–H and O–H groups in total. The van der Waals surface area contributed by atoms with Crippen LogP contribution in [0.5, 0.6) is 0 Å². The second kappa shape index (κ2) is 2.96. The summed E-state index contributed by atoms with van der Waals surface area (Å²) < 4.78 is 5.45.